The molecule has 0 bridgehead atoms. The number of hydrogen-bond acceptors (Lipinski definition) is 11. The Balaban J connectivity index is 1.12. The third-order valence-corrected chi connectivity index (χ3v) is 9.07. The molecular weight excluding hydrogens is 641 g/mol. The molecule has 2 aromatic carbocycles. The van der Waals surface area contributed by atoms with E-state index in [0.29, 0.717) is 25.5 Å². The Labute approximate surface area is 290 Å². The number of carbonyl (C=O) groups is 2. The number of hydrogen-bond donors (Lipinski definition) is 2. The van der Waals surface area contributed by atoms with Crippen LogP contribution in [0.4, 0.5) is 16.3 Å². The molecular formula is C37H40N6O5S. The van der Waals surface area contributed by atoms with Crippen molar-refractivity contribution in [2.45, 2.75) is 58.8 Å². The Morgan fingerprint density at radius 3 is 2.51 bits per heavy atom. The van der Waals surface area contributed by atoms with Crippen molar-refractivity contribution in [1.29, 1.82) is 5.26 Å². The first-order valence-electron chi connectivity index (χ1n) is 15.8. The fourth-order valence-electron chi connectivity index (χ4n) is 5.34. The number of alkyl carbamates (subject to hydrolysis) is 1. The minimum absolute atomic E-state index is 0.0248. The summed E-state index contributed by atoms with van der Waals surface area (Å²) >= 11 is 1.56. The monoisotopic (exact) mass is 680 g/mol. The lowest BCUT2D eigenvalue weighted by Gasteiger charge is -2.24. The first-order valence-corrected chi connectivity index (χ1v) is 16.6. The molecule has 254 valence electrons. The molecule has 0 saturated carbocycles. The molecule has 0 fully saturated rings. The molecule has 0 saturated heterocycles. The van der Waals surface area contributed by atoms with Crippen molar-refractivity contribution in [2.24, 2.45) is 0 Å². The van der Waals surface area contributed by atoms with Crippen LogP contribution in [0.15, 0.2) is 66.4 Å². The van der Waals surface area contributed by atoms with Crippen molar-refractivity contribution < 1.29 is 23.8 Å². The molecule has 2 heterocycles. The number of anilines is 2. The van der Waals surface area contributed by atoms with E-state index in [9.17, 15) is 14.9 Å². The van der Waals surface area contributed by atoms with Crippen LogP contribution in [0.1, 0.15) is 61.7 Å². The van der Waals surface area contributed by atoms with E-state index in [0.717, 1.165) is 37.7 Å². The van der Waals surface area contributed by atoms with Crippen LogP contribution in [0.5, 0.6) is 6.01 Å². The summed E-state index contributed by atoms with van der Waals surface area (Å²) in [6.07, 6.45) is 2.66. The predicted molar refractivity (Wildman–Crippen MR) is 190 cm³/mol. The summed E-state index contributed by atoms with van der Waals surface area (Å²) in [7, 11) is 1.97. The van der Waals surface area contributed by atoms with E-state index in [4.69, 9.17) is 19.9 Å². The van der Waals surface area contributed by atoms with Crippen molar-refractivity contribution in [1.82, 2.24) is 15.3 Å². The zero-order valence-corrected chi connectivity index (χ0v) is 29.3. The summed E-state index contributed by atoms with van der Waals surface area (Å²) in [5.41, 5.74) is 11.0. The van der Waals surface area contributed by atoms with Crippen LogP contribution >= 0.6 is 11.3 Å². The topological polar surface area (TPSA) is 153 Å². The first-order chi connectivity index (χ1) is 23.2. The average molecular weight is 681 g/mol. The van der Waals surface area contributed by atoms with Gasteiger partial charge in [-0.05, 0) is 78.9 Å². The van der Waals surface area contributed by atoms with Gasteiger partial charge in [0.2, 0.25) is 0 Å². The van der Waals surface area contributed by atoms with Crippen LogP contribution in [0.2, 0.25) is 0 Å². The summed E-state index contributed by atoms with van der Waals surface area (Å²) in [5.74, 6) is -0.285. The van der Waals surface area contributed by atoms with Gasteiger partial charge in [-0.15, -0.1) is 11.3 Å². The number of benzene rings is 2. The standard InChI is InChI=1S/C37H40N6O5S/c1-36(2,3)48-33(44)25(20-38)17-27-19-30-32(49-27)28-12-11-26(18-29(28)37(30,4)5)43(6)15-16-46-35(45)41-21-23-7-9-24(10-8-23)22-47-34-40-14-13-31(39)42-34/h7-14,17-19H,15-16,21-22H2,1-6H3,(H,41,45)(H2,39,40,42)/b25-17+. The molecule has 1 amide bonds. The second kappa shape index (κ2) is 14.4. The highest BCUT2D eigenvalue weighted by atomic mass is 32.1. The van der Waals surface area contributed by atoms with Crippen molar-refractivity contribution in [3.8, 4) is 22.5 Å². The summed E-state index contributed by atoms with van der Waals surface area (Å²) in [5, 5.41) is 12.4. The van der Waals surface area contributed by atoms with E-state index >= 15 is 0 Å². The van der Waals surface area contributed by atoms with Crippen LogP contribution in [0, 0.1) is 11.3 Å². The molecule has 12 heteroatoms. The number of carbonyl (C=O) groups excluding carboxylic acids is 2. The van der Waals surface area contributed by atoms with Crippen LogP contribution in [0.25, 0.3) is 16.5 Å². The Bertz CT molecular complexity index is 1920. The van der Waals surface area contributed by atoms with Gasteiger partial charge >= 0.3 is 18.1 Å². The van der Waals surface area contributed by atoms with Gasteiger partial charge in [0.15, 0.2) is 0 Å². The Hall–Kier alpha value is -5.41. The average Bonchev–Trinajstić information content (AvgIpc) is 3.57. The molecule has 1 aliphatic carbocycles. The molecule has 4 aromatic rings. The number of likely N-dealkylation sites (N-methyl/N-ethyl adjacent to an activating group) is 1. The molecule has 1 aliphatic rings. The van der Waals surface area contributed by atoms with Crippen molar-refractivity contribution in [3.05, 3.63) is 93.5 Å². The quantitative estimate of drug-likeness (QED) is 0.100. The van der Waals surface area contributed by atoms with Gasteiger partial charge < -0.3 is 30.2 Å². The number of nitrogens with one attached hydrogen (secondary N) is 1. The van der Waals surface area contributed by atoms with Gasteiger partial charge in [0.25, 0.3) is 0 Å². The number of ether oxygens (including phenoxy) is 3. The van der Waals surface area contributed by atoms with Gasteiger partial charge in [-0.3, -0.25) is 0 Å². The molecule has 0 unspecified atom stereocenters. The number of rotatable bonds is 11. The molecule has 5 rings (SSSR count). The van der Waals surface area contributed by atoms with E-state index in [2.05, 4.69) is 58.3 Å². The summed E-state index contributed by atoms with van der Waals surface area (Å²) < 4.78 is 16.4. The zero-order valence-electron chi connectivity index (χ0n) is 28.5. The van der Waals surface area contributed by atoms with E-state index in [1.807, 2.05) is 37.4 Å². The second-order valence-electron chi connectivity index (χ2n) is 13.2. The zero-order chi connectivity index (χ0) is 35.3. The molecule has 11 nitrogen and oxygen atoms in total. The van der Waals surface area contributed by atoms with Crippen molar-refractivity contribution in [2.75, 3.05) is 30.8 Å². The summed E-state index contributed by atoms with van der Waals surface area (Å²) in [6, 6.07) is 19.8. The normalized spacial score (nSPS) is 13.1. The number of thiophene rings is 1. The summed E-state index contributed by atoms with van der Waals surface area (Å²) in [4.78, 5) is 37.0. The fraction of sp³-hybridized carbons (Fsp3) is 0.324. The van der Waals surface area contributed by atoms with Crippen LogP contribution in [-0.4, -0.2) is 47.8 Å². The molecule has 0 radical (unpaired) electrons. The molecule has 0 atom stereocenters. The lowest BCUT2D eigenvalue weighted by molar-refractivity contribution is -0.149. The maximum Gasteiger partial charge on any atom is 0.407 e. The second-order valence-corrected chi connectivity index (χ2v) is 14.3. The van der Waals surface area contributed by atoms with Crippen molar-refractivity contribution >= 4 is 41.0 Å². The molecule has 2 aromatic heterocycles. The van der Waals surface area contributed by atoms with Crippen LogP contribution in [0.3, 0.4) is 0 Å². The highest BCUT2D eigenvalue weighted by Crippen LogP contribution is 2.53. The lowest BCUT2D eigenvalue weighted by atomic mass is 9.82. The SMILES string of the molecule is CN(CCOC(=O)NCc1ccc(COc2nccc(N)n2)cc1)c1ccc2c(c1)C(C)(C)c1cc(/C=C(\C#N)C(=O)OC(C)(C)C)sc1-2. The highest BCUT2D eigenvalue weighted by Gasteiger charge is 2.37. The minimum atomic E-state index is -0.684. The maximum atomic E-state index is 12.5. The number of nitrogens with zero attached hydrogens (tertiary/aromatic N) is 4. The third-order valence-electron chi connectivity index (χ3n) is 7.95. The lowest BCUT2D eigenvalue weighted by Crippen LogP contribution is -2.29. The Morgan fingerprint density at radius 2 is 1.82 bits per heavy atom. The van der Waals surface area contributed by atoms with Gasteiger partial charge in [0.1, 0.15) is 36.3 Å². The number of nitriles is 1. The number of amides is 1. The van der Waals surface area contributed by atoms with Crippen molar-refractivity contribution in [3.63, 3.8) is 0 Å². The van der Waals surface area contributed by atoms with Gasteiger partial charge in [-0.2, -0.15) is 10.2 Å². The molecule has 0 aliphatic heterocycles. The molecule has 49 heavy (non-hydrogen) atoms. The van der Waals surface area contributed by atoms with Gasteiger partial charge in [0, 0.05) is 40.6 Å². The predicted octanol–water partition coefficient (Wildman–Crippen LogP) is 6.62. The Kier molecular flexibility index (Phi) is 10.2. The first kappa shape index (κ1) is 34.9. The summed E-state index contributed by atoms with van der Waals surface area (Å²) in [6.45, 7) is 11.0. The van der Waals surface area contributed by atoms with Crippen LogP contribution in [-0.2, 0) is 32.8 Å². The number of nitrogens with two attached hydrogens (primary N) is 1. The highest BCUT2D eigenvalue weighted by molar-refractivity contribution is 7.16. The molecule has 0 spiro atoms. The Morgan fingerprint density at radius 1 is 1.08 bits per heavy atom. The van der Waals surface area contributed by atoms with Crippen LogP contribution < -0.4 is 20.7 Å². The number of fused-ring (bicyclic) bond motifs is 3. The maximum absolute atomic E-state index is 12.5. The van der Waals surface area contributed by atoms with Gasteiger partial charge in [-0.25, -0.2) is 14.6 Å². The van der Waals surface area contributed by atoms with E-state index < -0.39 is 17.7 Å². The smallest absolute Gasteiger partial charge is 0.407 e. The number of aromatic nitrogens is 2. The van der Waals surface area contributed by atoms with E-state index in [1.54, 1.807) is 44.3 Å². The van der Waals surface area contributed by atoms with E-state index in [1.165, 1.54) is 11.8 Å². The fourth-order valence-corrected chi connectivity index (χ4v) is 6.64. The molecule has 3 N–H and O–H groups in total. The largest absolute Gasteiger partial charge is 0.459 e. The minimum Gasteiger partial charge on any atom is -0.459 e. The van der Waals surface area contributed by atoms with Gasteiger partial charge in [0.05, 0.1) is 6.54 Å². The number of esters is 1. The van der Waals surface area contributed by atoms with E-state index in [-0.39, 0.29) is 23.6 Å². The third kappa shape index (κ3) is 8.55. The number of nitrogen functional groups attached to an aromatic ring is 1. The van der Waals surface area contributed by atoms with Gasteiger partial charge in [-0.1, -0.05) is 44.2 Å².